The van der Waals surface area contributed by atoms with Crippen LogP contribution in [0.5, 0.6) is 5.75 Å². The maximum absolute atomic E-state index is 13.2. The molecule has 20 heavy (non-hydrogen) atoms. The minimum atomic E-state index is -0.181. The molecule has 0 aromatic heterocycles. The number of hydrogen-bond acceptors (Lipinski definition) is 2. The van der Waals surface area contributed by atoms with Crippen LogP contribution in [0.3, 0.4) is 0 Å². The van der Waals surface area contributed by atoms with E-state index in [2.05, 4.69) is 5.32 Å². The van der Waals surface area contributed by atoms with Crippen molar-refractivity contribution in [2.24, 2.45) is 0 Å². The first-order valence-corrected chi connectivity index (χ1v) is 6.81. The third-order valence-corrected chi connectivity index (χ3v) is 2.98. The quantitative estimate of drug-likeness (QED) is 0.864. The van der Waals surface area contributed by atoms with E-state index < -0.39 is 0 Å². The van der Waals surface area contributed by atoms with Crippen molar-refractivity contribution >= 4 is 5.69 Å². The van der Waals surface area contributed by atoms with E-state index in [1.165, 1.54) is 6.07 Å². The summed E-state index contributed by atoms with van der Waals surface area (Å²) in [6.45, 7) is 6.42. The largest absolute Gasteiger partial charge is 0.491 e. The molecule has 0 heterocycles. The highest BCUT2D eigenvalue weighted by Crippen LogP contribution is 2.21. The zero-order valence-corrected chi connectivity index (χ0v) is 12.1. The van der Waals surface area contributed by atoms with E-state index in [1.54, 1.807) is 19.1 Å². The summed E-state index contributed by atoms with van der Waals surface area (Å²) in [5.74, 6) is 0.702. The second-order valence-electron chi connectivity index (χ2n) is 5.09. The average Bonchev–Trinajstić information content (AvgIpc) is 2.41. The van der Waals surface area contributed by atoms with Crippen molar-refractivity contribution in [2.75, 3.05) is 5.32 Å². The highest BCUT2D eigenvalue weighted by atomic mass is 19.1. The molecule has 0 aliphatic carbocycles. The van der Waals surface area contributed by atoms with Crippen molar-refractivity contribution in [3.05, 3.63) is 59.4 Å². The van der Waals surface area contributed by atoms with E-state index in [0.717, 1.165) is 17.0 Å². The fraction of sp³-hybridized carbons (Fsp3) is 0.294. The lowest BCUT2D eigenvalue weighted by Gasteiger charge is -2.15. The number of aryl methyl sites for hydroxylation is 1. The van der Waals surface area contributed by atoms with Crippen LogP contribution in [0.2, 0.25) is 0 Å². The van der Waals surface area contributed by atoms with Gasteiger partial charge in [0.2, 0.25) is 0 Å². The zero-order chi connectivity index (χ0) is 14.5. The van der Waals surface area contributed by atoms with E-state index >= 15 is 0 Å². The third kappa shape index (κ3) is 3.73. The van der Waals surface area contributed by atoms with Gasteiger partial charge in [0.1, 0.15) is 11.6 Å². The summed E-state index contributed by atoms with van der Waals surface area (Å²) >= 11 is 0. The molecule has 0 saturated carbocycles. The van der Waals surface area contributed by atoms with Crippen LogP contribution in [-0.4, -0.2) is 6.10 Å². The lowest BCUT2D eigenvalue weighted by Crippen LogP contribution is -2.09. The minimum absolute atomic E-state index is 0.143. The van der Waals surface area contributed by atoms with Crippen LogP contribution in [0.15, 0.2) is 42.5 Å². The molecule has 1 N–H and O–H groups in total. The van der Waals surface area contributed by atoms with Gasteiger partial charge < -0.3 is 10.1 Å². The van der Waals surface area contributed by atoms with Gasteiger partial charge in [0.15, 0.2) is 0 Å². The van der Waals surface area contributed by atoms with Crippen LogP contribution in [-0.2, 0) is 6.54 Å². The molecule has 0 aliphatic heterocycles. The Balaban J connectivity index is 2.08. The van der Waals surface area contributed by atoms with Crippen molar-refractivity contribution in [1.29, 1.82) is 0 Å². The molecule has 2 aromatic carbocycles. The fourth-order valence-corrected chi connectivity index (χ4v) is 1.97. The van der Waals surface area contributed by atoms with Gasteiger partial charge in [-0.3, -0.25) is 0 Å². The van der Waals surface area contributed by atoms with Crippen molar-refractivity contribution < 1.29 is 9.13 Å². The second-order valence-corrected chi connectivity index (χ2v) is 5.09. The number of rotatable bonds is 5. The van der Waals surface area contributed by atoms with Crippen molar-refractivity contribution in [2.45, 2.75) is 33.4 Å². The maximum Gasteiger partial charge on any atom is 0.126 e. The average molecular weight is 273 g/mol. The van der Waals surface area contributed by atoms with E-state index in [-0.39, 0.29) is 11.9 Å². The highest BCUT2D eigenvalue weighted by molar-refractivity contribution is 5.47. The molecule has 2 aromatic rings. The van der Waals surface area contributed by atoms with Gasteiger partial charge in [0, 0.05) is 17.8 Å². The molecule has 0 bridgehead atoms. The van der Waals surface area contributed by atoms with Gasteiger partial charge in [0.25, 0.3) is 0 Å². The molecule has 0 fully saturated rings. The first kappa shape index (κ1) is 14.4. The smallest absolute Gasteiger partial charge is 0.126 e. The second kappa shape index (κ2) is 6.42. The summed E-state index contributed by atoms with van der Waals surface area (Å²) in [5.41, 5.74) is 2.63. The summed E-state index contributed by atoms with van der Waals surface area (Å²) in [6, 6.07) is 13.0. The molecule has 2 nitrogen and oxygen atoms in total. The van der Waals surface area contributed by atoms with Gasteiger partial charge in [-0.05, 0) is 50.6 Å². The Hall–Kier alpha value is -2.03. The highest BCUT2D eigenvalue weighted by Gasteiger charge is 2.05. The van der Waals surface area contributed by atoms with Gasteiger partial charge in [-0.15, -0.1) is 0 Å². The molecule has 0 amide bonds. The zero-order valence-electron chi connectivity index (χ0n) is 12.1. The number of para-hydroxylation sites is 1. The van der Waals surface area contributed by atoms with Crippen molar-refractivity contribution in [3.63, 3.8) is 0 Å². The molecule has 0 spiro atoms. The SMILES string of the molecule is Cc1cc(NCc2ccccc2OC(C)C)ccc1F. The van der Waals surface area contributed by atoms with Gasteiger partial charge in [-0.25, -0.2) is 4.39 Å². The van der Waals surface area contributed by atoms with Crippen LogP contribution in [0.1, 0.15) is 25.0 Å². The van der Waals surface area contributed by atoms with Gasteiger partial charge in [0.05, 0.1) is 6.10 Å². The van der Waals surface area contributed by atoms with Gasteiger partial charge in [-0.1, -0.05) is 18.2 Å². The lowest BCUT2D eigenvalue weighted by atomic mass is 10.1. The van der Waals surface area contributed by atoms with Crippen LogP contribution >= 0.6 is 0 Å². The molecule has 0 aliphatic rings. The summed E-state index contributed by atoms with van der Waals surface area (Å²) in [5, 5.41) is 3.30. The summed E-state index contributed by atoms with van der Waals surface area (Å²) in [6.07, 6.45) is 0.143. The first-order chi connectivity index (χ1) is 9.56. The van der Waals surface area contributed by atoms with E-state index in [9.17, 15) is 4.39 Å². The number of halogens is 1. The van der Waals surface area contributed by atoms with Gasteiger partial charge >= 0.3 is 0 Å². The molecule has 0 saturated heterocycles. The summed E-state index contributed by atoms with van der Waals surface area (Å²) in [7, 11) is 0. The van der Waals surface area contributed by atoms with Crippen LogP contribution in [0, 0.1) is 12.7 Å². The standard InChI is InChI=1S/C17H20FNO/c1-12(2)20-17-7-5-4-6-14(17)11-19-15-8-9-16(18)13(3)10-15/h4-10,12,19H,11H2,1-3H3. The number of hydrogen-bond donors (Lipinski definition) is 1. The molecule has 0 unspecified atom stereocenters. The Kier molecular flexibility index (Phi) is 4.61. The molecule has 0 radical (unpaired) electrons. The van der Waals surface area contributed by atoms with Crippen LogP contribution < -0.4 is 10.1 Å². The predicted molar refractivity (Wildman–Crippen MR) is 80.7 cm³/mol. The molecule has 0 atom stereocenters. The van der Waals surface area contributed by atoms with Crippen molar-refractivity contribution in [1.82, 2.24) is 0 Å². The Morgan fingerprint density at radius 3 is 2.60 bits per heavy atom. The Morgan fingerprint density at radius 1 is 1.15 bits per heavy atom. The van der Waals surface area contributed by atoms with Crippen molar-refractivity contribution in [3.8, 4) is 5.75 Å². The Bertz CT molecular complexity index is 581. The van der Waals surface area contributed by atoms with E-state index in [1.807, 2.05) is 38.1 Å². The topological polar surface area (TPSA) is 21.3 Å². The summed E-state index contributed by atoms with van der Waals surface area (Å²) < 4.78 is 19.0. The fourth-order valence-electron chi connectivity index (χ4n) is 1.97. The number of anilines is 1. The maximum atomic E-state index is 13.2. The normalized spacial score (nSPS) is 10.7. The number of benzene rings is 2. The Labute approximate surface area is 119 Å². The molecule has 2 rings (SSSR count). The van der Waals surface area contributed by atoms with Gasteiger partial charge in [-0.2, -0.15) is 0 Å². The number of ether oxygens (including phenoxy) is 1. The van der Waals surface area contributed by atoms with E-state index in [4.69, 9.17) is 4.74 Å². The Morgan fingerprint density at radius 2 is 1.90 bits per heavy atom. The molecule has 106 valence electrons. The van der Waals surface area contributed by atoms with E-state index in [0.29, 0.717) is 12.1 Å². The van der Waals surface area contributed by atoms with Crippen LogP contribution in [0.25, 0.3) is 0 Å². The monoisotopic (exact) mass is 273 g/mol. The first-order valence-electron chi connectivity index (χ1n) is 6.81. The third-order valence-electron chi connectivity index (χ3n) is 2.98. The minimum Gasteiger partial charge on any atom is -0.491 e. The molecular weight excluding hydrogens is 253 g/mol. The van der Waals surface area contributed by atoms with Crippen LogP contribution in [0.4, 0.5) is 10.1 Å². The lowest BCUT2D eigenvalue weighted by molar-refractivity contribution is 0.240. The molecule has 3 heteroatoms. The predicted octanol–water partition coefficient (Wildman–Crippen LogP) is 4.53. The summed E-state index contributed by atoms with van der Waals surface area (Å²) in [4.78, 5) is 0. The number of nitrogens with one attached hydrogen (secondary N) is 1. The molecular formula is C17H20FNO.